The second-order valence-electron chi connectivity index (χ2n) is 8.55. The third-order valence-corrected chi connectivity index (χ3v) is 6.65. The molecule has 3 aromatic rings. The number of anilines is 1. The van der Waals surface area contributed by atoms with Gasteiger partial charge in [0.05, 0.1) is 29.9 Å². The van der Waals surface area contributed by atoms with Crippen LogP contribution in [0.4, 0.5) is 10.2 Å². The van der Waals surface area contributed by atoms with Gasteiger partial charge >= 0.3 is 0 Å². The molecule has 0 radical (unpaired) electrons. The van der Waals surface area contributed by atoms with E-state index in [1.54, 1.807) is 13.2 Å². The summed E-state index contributed by atoms with van der Waals surface area (Å²) in [7, 11) is 1.76. The minimum Gasteiger partial charge on any atom is -0.383 e. The number of halogens is 1. The molecule has 1 aromatic carbocycles. The van der Waals surface area contributed by atoms with Crippen LogP contribution in [0, 0.1) is 5.82 Å². The van der Waals surface area contributed by atoms with Gasteiger partial charge in [-0.15, -0.1) is 0 Å². The van der Waals surface area contributed by atoms with Crippen molar-refractivity contribution in [3.8, 4) is 11.4 Å². The lowest BCUT2D eigenvalue weighted by atomic mass is 9.95. The van der Waals surface area contributed by atoms with Gasteiger partial charge in [0.2, 0.25) is 0 Å². The first-order chi connectivity index (χ1) is 14.8. The van der Waals surface area contributed by atoms with Crippen LogP contribution in [0.2, 0.25) is 0 Å². The molecule has 6 heteroatoms. The highest BCUT2D eigenvalue weighted by Gasteiger charge is 2.28. The molecule has 3 heterocycles. The van der Waals surface area contributed by atoms with E-state index in [2.05, 4.69) is 15.5 Å². The van der Waals surface area contributed by atoms with E-state index in [9.17, 15) is 4.39 Å². The predicted octanol–water partition coefficient (Wildman–Crippen LogP) is 5.36. The van der Waals surface area contributed by atoms with Crippen molar-refractivity contribution >= 4 is 16.9 Å². The van der Waals surface area contributed by atoms with Crippen LogP contribution in [0.1, 0.15) is 51.0 Å². The highest BCUT2D eigenvalue weighted by atomic mass is 19.1. The second kappa shape index (κ2) is 8.34. The number of imidazole rings is 1. The standard InChI is InChI=1S/C24H29FN4O/c1-30-16-18-10-7-13-28(18)23-14-22-21(15-26-23)27-24(19-11-5-6-12-20(19)25)29(22)17-8-3-2-4-9-17/h5-6,11-12,14-15,17-18H,2-4,7-10,13,16H2,1H3. The maximum atomic E-state index is 14.7. The normalized spacial score (nSPS) is 20.3. The van der Waals surface area contributed by atoms with Crippen molar-refractivity contribution < 1.29 is 9.13 Å². The molecule has 0 spiro atoms. The van der Waals surface area contributed by atoms with Crippen LogP contribution >= 0.6 is 0 Å². The molecule has 0 N–H and O–H groups in total. The van der Waals surface area contributed by atoms with E-state index in [1.807, 2.05) is 18.3 Å². The monoisotopic (exact) mass is 408 g/mol. The zero-order valence-electron chi connectivity index (χ0n) is 17.6. The van der Waals surface area contributed by atoms with Gasteiger partial charge in [0, 0.05) is 25.8 Å². The molecule has 158 valence electrons. The average molecular weight is 409 g/mol. The number of benzene rings is 1. The second-order valence-corrected chi connectivity index (χ2v) is 8.55. The Morgan fingerprint density at radius 2 is 1.93 bits per heavy atom. The van der Waals surface area contributed by atoms with Gasteiger partial charge < -0.3 is 14.2 Å². The molecule has 5 nitrogen and oxygen atoms in total. The van der Waals surface area contributed by atoms with Crippen molar-refractivity contribution in [2.24, 2.45) is 0 Å². The summed E-state index contributed by atoms with van der Waals surface area (Å²) in [4.78, 5) is 11.9. The number of ether oxygens (including phenoxy) is 1. The van der Waals surface area contributed by atoms with Gasteiger partial charge in [-0.25, -0.2) is 14.4 Å². The smallest absolute Gasteiger partial charge is 0.144 e. The van der Waals surface area contributed by atoms with Crippen molar-refractivity contribution in [2.75, 3.05) is 25.2 Å². The van der Waals surface area contributed by atoms with E-state index in [4.69, 9.17) is 14.7 Å². The first-order valence-corrected chi connectivity index (χ1v) is 11.1. The molecule has 30 heavy (non-hydrogen) atoms. The van der Waals surface area contributed by atoms with E-state index >= 15 is 0 Å². The maximum absolute atomic E-state index is 14.7. The van der Waals surface area contributed by atoms with Gasteiger partial charge in [-0.2, -0.15) is 0 Å². The fourth-order valence-electron chi connectivity index (χ4n) is 5.19. The van der Waals surface area contributed by atoms with Crippen LogP contribution in [0.15, 0.2) is 36.5 Å². The highest BCUT2D eigenvalue weighted by Crippen LogP contribution is 2.37. The lowest BCUT2D eigenvalue weighted by Crippen LogP contribution is -2.33. The number of hydrogen-bond acceptors (Lipinski definition) is 4. The summed E-state index contributed by atoms with van der Waals surface area (Å²) in [6.07, 6.45) is 10.0. The number of hydrogen-bond donors (Lipinski definition) is 0. The zero-order valence-corrected chi connectivity index (χ0v) is 17.6. The molecule has 1 aliphatic carbocycles. The summed E-state index contributed by atoms with van der Waals surface area (Å²) < 4.78 is 22.4. The molecule has 0 bridgehead atoms. The topological polar surface area (TPSA) is 43.2 Å². The summed E-state index contributed by atoms with van der Waals surface area (Å²) in [5, 5.41) is 0. The first kappa shape index (κ1) is 19.5. The van der Waals surface area contributed by atoms with Gasteiger partial charge in [-0.3, -0.25) is 0 Å². The van der Waals surface area contributed by atoms with Gasteiger partial charge in [0.25, 0.3) is 0 Å². The van der Waals surface area contributed by atoms with Crippen molar-refractivity contribution in [2.45, 2.75) is 57.0 Å². The summed E-state index contributed by atoms with van der Waals surface area (Å²) in [5.41, 5.74) is 2.47. The Morgan fingerprint density at radius 3 is 2.73 bits per heavy atom. The summed E-state index contributed by atoms with van der Waals surface area (Å²) in [6, 6.07) is 9.83. The van der Waals surface area contributed by atoms with Gasteiger partial charge in [0.1, 0.15) is 23.0 Å². The summed E-state index contributed by atoms with van der Waals surface area (Å²) >= 11 is 0. The molecule has 2 fully saturated rings. The lowest BCUT2D eigenvalue weighted by molar-refractivity contribution is 0.180. The summed E-state index contributed by atoms with van der Waals surface area (Å²) in [6.45, 7) is 1.70. The van der Waals surface area contributed by atoms with Crippen molar-refractivity contribution in [3.63, 3.8) is 0 Å². The van der Waals surface area contributed by atoms with Crippen LogP contribution < -0.4 is 4.90 Å². The molecule has 1 unspecified atom stereocenters. The average Bonchev–Trinajstić information content (AvgIpc) is 3.39. The molecule has 1 saturated carbocycles. The van der Waals surface area contributed by atoms with Crippen molar-refractivity contribution in [1.82, 2.24) is 14.5 Å². The third-order valence-electron chi connectivity index (χ3n) is 6.65. The molecular weight excluding hydrogens is 379 g/mol. The number of pyridine rings is 1. The molecule has 2 aromatic heterocycles. The number of nitrogens with zero attached hydrogens (tertiary/aromatic N) is 4. The molecule has 1 aliphatic heterocycles. The van der Waals surface area contributed by atoms with E-state index in [1.165, 1.54) is 25.3 Å². The molecule has 5 rings (SSSR count). The molecular formula is C24H29FN4O. The lowest BCUT2D eigenvalue weighted by Gasteiger charge is -2.27. The Bertz CT molecular complexity index is 1030. The first-order valence-electron chi connectivity index (χ1n) is 11.1. The Balaban J connectivity index is 1.64. The molecule has 0 amide bonds. The summed E-state index contributed by atoms with van der Waals surface area (Å²) in [5.74, 6) is 1.47. The van der Waals surface area contributed by atoms with Gasteiger partial charge in [0.15, 0.2) is 0 Å². The molecule has 1 atom stereocenters. The van der Waals surface area contributed by atoms with Crippen molar-refractivity contribution in [1.29, 1.82) is 0 Å². The van der Waals surface area contributed by atoms with E-state index in [-0.39, 0.29) is 5.82 Å². The predicted molar refractivity (Wildman–Crippen MR) is 117 cm³/mol. The molecule has 1 saturated heterocycles. The Kier molecular flexibility index (Phi) is 5.42. The van der Waals surface area contributed by atoms with Crippen LogP contribution in [0.3, 0.4) is 0 Å². The Morgan fingerprint density at radius 1 is 1.10 bits per heavy atom. The van der Waals surface area contributed by atoms with Crippen LogP contribution in [0.25, 0.3) is 22.4 Å². The fraction of sp³-hybridized carbons (Fsp3) is 0.500. The van der Waals surface area contributed by atoms with Crippen LogP contribution in [-0.4, -0.2) is 40.8 Å². The maximum Gasteiger partial charge on any atom is 0.144 e. The highest BCUT2D eigenvalue weighted by molar-refractivity contribution is 5.82. The minimum absolute atomic E-state index is 0.224. The number of rotatable bonds is 5. The van der Waals surface area contributed by atoms with E-state index < -0.39 is 0 Å². The van der Waals surface area contributed by atoms with Gasteiger partial charge in [-0.1, -0.05) is 31.4 Å². The molecule has 2 aliphatic rings. The minimum atomic E-state index is -0.224. The largest absolute Gasteiger partial charge is 0.383 e. The zero-order chi connectivity index (χ0) is 20.5. The van der Waals surface area contributed by atoms with Gasteiger partial charge in [-0.05, 0) is 37.8 Å². The van der Waals surface area contributed by atoms with E-state index in [0.717, 1.165) is 54.9 Å². The SMILES string of the molecule is COCC1CCCN1c1cc2c(cn1)nc(-c1ccccc1F)n2C1CCCCC1. The third kappa shape index (κ3) is 3.47. The number of fused-ring (bicyclic) bond motifs is 1. The number of aromatic nitrogens is 3. The van der Waals surface area contributed by atoms with Crippen LogP contribution in [0.5, 0.6) is 0 Å². The number of methoxy groups -OCH3 is 1. The van der Waals surface area contributed by atoms with E-state index in [0.29, 0.717) is 24.3 Å². The fourth-order valence-corrected chi connectivity index (χ4v) is 5.19. The van der Waals surface area contributed by atoms with Crippen molar-refractivity contribution in [3.05, 3.63) is 42.3 Å². The quantitative estimate of drug-likeness (QED) is 0.570. The Labute approximate surface area is 176 Å². The van der Waals surface area contributed by atoms with Crippen LogP contribution in [-0.2, 0) is 4.74 Å². The Hall–Kier alpha value is -2.47.